The summed E-state index contributed by atoms with van der Waals surface area (Å²) in [5, 5.41) is 14.2. The SMILES string of the molecule is CCNC(=NCc1cccc(-c2ncn[nH]2)c1)NCCc1ccc(Cl)cc1. The molecule has 0 aliphatic heterocycles. The van der Waals surface area contributed by atoms with Crippen LogP contribution in [0.15, 0.2) is 59.9 Å². The fourth-order valence-electron chi connectivity index (χ4n) is 2.65. The molecular formula is C20H23ClN6. The molecule has 3 aromatic rings. The fraction of sp³-hybridized carbons (Fsp3) is 0.250. The number of nitrogens with zero attached hydrogens (tertiary/aromatic N) is 3. The molecule has 0 saturated carbocycles. The minimum Gasteiger partial charge on any atom is -0.357 e. The molecule has 7 heteroatoms. The predicted molar refractivity (Wildman–Crippen MR) is 110 cm³/mol. The zero-order valence-electron chi connectivity index (χ0n) is 15.2. The zero-order chi connectivity index (χ0) is 18.9. The van der Waals surface area contributed by atoms with Crippen molar-refractivity contribution >= 4 is 17.6 Å². The molecule has 0 radical (unpaired) electrons. The Hall–Kier alpha value is -2.86. The summed E-state index contributed by atoms with van der Waals surface area (Å²) in [6.45, 7) is 4.25. The lowest BCUT2D eigenvalue weighted by Gasteiger charge is -2.11. The van der Waals surface area contributed by atoms with Crippen molar-refractivity contribution in [1.82, 2.24) is 25.8 Å². The highest BCUT2D eigenvalue weighted by atomic mass is 35.5. The summed E-state index contributed by atoms with van der Waals surface area (Å²) in [6.07, 6.45) is 2.41. The summed E-state index contributed by atoms with van der Waals surface area (Å²) >= 11 is 5.93. The molecule has 0 spiro atoms. The van der Waals surface area contributed by atoms with Crippen molar-refractivity contribution in [2.24, 2.45) is 4.99 Å². The first-order chi connectivity index (χ1) is 13.2. The number of rotatable bonds is 7. The third kappa shape index (κ3) is 5.82. The standard InChI is InChI=1S/C20H23ClN6/c1-2-22-20(23-11-10-15-6-8-18(21)9-7-15)24-13-16-4-3-5-17(12-16)19-25-14-26-27-19/h3-9,12,14H,2,10-11,13H2,1H3,(H2,22,23,24)(H,25,26,27). The normalized spacial score (nSPS) is 11.4. The van der Waals surface area contributed by atoms with Crippen LogP contribution in [0.3, 0.4) is 0 Å². The van der Waals surface area contributed by atoms with E-state index in [0.29, 0.717) is 6.54 Å². The first-order valence-electron chi connectivity index (χ1n) is 8.96. The molecular weight excluding hydrogens is 360 g/mol. The number of benzene rings is 2. The van der Waals surface area contributed by atoms with Crippen molar-refractivity contribution in [1.29, 1.82) is 0 Å². The summed E-state index contributed by atoms with van der Waals surface area (Å²) in [5.41, 5.74) is 3.35. The van der Waals surface area contributed by atoms with Gasteiger partial charge in [0.05, 0.1) is 6.54 Å². The van der Waals surface area contributed by atoms with Crippen molar-refractivity contribution < 1.29 is 0 Å². The van der Waals surface area contributed by atoms with E-state index in [1.807, 2.05) is 36.4 Å². The molecule has 6 nitrogen and oxygen atoms in total. The van der Waals surface area contributed by atoms with Crippen LogP contribution in [0.4, 0.5) is 0 Å². The van der Waals surface area contributed by atoms with Gasteiger partial charge in [-0.05, 0) is 42.7 Å². The zero-order valence-corrected chi connectivity index (χ0v) is 16.0. The Morgan fingerprint density at radius 2 is 1.96 bits per heavy atom. The van der Waals surface area contributed by atoms with Crippen LogP contribution in [0.2, 0.25) is 5.02 Å². The van der Waals surface area contributed by atoms with Crippen molar-refractivity contribution in [3.63, 3.8) is 0 Å². The molecule has 1 aromatic heterocycles. The minimum absolute atomic E-state index is 0.582. The predicted octanol–water partition coefficient (Wildman–Crippen LogP) is 3.42. The molecule has 27 heavy (non-hydrogen) atoms. The topological polar surface area (TPSA) is 78.0 Å². The monoisotopic (exact) mass is 382 g/mol. The van der Waals surface area contributed by atoms with Gasteiger partial charge >= 0.3 is 0 Å². The number of halogens is 1. The van der Waals surface area contributed by atoms with E-state index in [9.17, 15) is 0 Å². The molecule has 3 N–H and O–H groups in total. The first kappa shape index (κ1) is 18.9. The highest BCUT2D eigenvalue weighted by Gasteiger charge is 2.03. The maximum absolute atomic E-state index is 5.93. The Balaban J connectivity index is 1.58. The number of nitrogens with one attached hydrogen (secondary N) is 3. The maximum atomic E-state index is 5.93. The van der Waals surface area contributed by atoms with Crippen molar-refractivity contribution in [3.8, 4) is 11.4 Å². The third-order valence-corrected chi connectivity index (χ3v) is 4.25. The van der Waals surface area contributed by atoms with Gasteiger partial charge in [0.2, 0.25) is 0 Å². The lowest BCUT2D eigenvalue weighted by atomic mass is 10.1. The number of hydrogen-bond acceptors (Lipinski definition) is 3. The van der Waals surface area contributed by atoms with Crippen LogP contribution in [0.1, 0.15) is 18.1 Å². The van der Waals surface area contributed by atoms with E-state index in [2.05, 4.69) is 49.9 Å². The number of aliphatic imine (C=N–C) groups is 1. The second kappa shape index (κ2) is 9.73. The van der Waals surface area contributed by atoms with Gasteiger partial charge in [-0.3, -0.25) is 5.10 Å². The maximum Gasteiger partial charge on any atom is 0.191 e. The second-order valence-electron chi connectivity index (χ2n) is 6.03. The lowest BCUT2D eigenvalue weighted by Crippen LogP contribution is -2.38. The molecule has 0 unspecified atom stereocenters. The molecule has 0 aliphatic carbocycles. The highest BCUT2D eigenvalue weighted by Crippen LogP contribution is 2.16. The molecule has 0 saturated heterocycles. The Labute approximate surface area is 164 Å². The summed E-state index contributed by atoms with van der Waals surface area (Å²) in [6, 6.07) is 16.1. The summed E-state index contributed by atoms with van der Waals surface area (Å²) < 4.78 is 0. The highest BCUT2D eigenvalue weighted by molar-refractivity contribution is 6.30. The van der Waals surface area contributed by atoms with E-state index in [1.54, 1.807) is 0 Å². The first-order valence-corrected chi connectivity index (χ1v) is 9.33. The average Bonchev–Trinajstić information content (AvgIpc) is 3.23. The van der Waals surface area contributed by atoms with E-state index < -0.39 is 0 Å². The third-order valence-electron chi connectivity index (χ3n) is 4.00. The van der Waals surface area contributed by atoms with Gasteiger partial charge < -0.3 is 10.6 Å². The quantitative estimate of drug-likeness (QED) is 0.432. The number of aromatic amines is 1. The van der Waals surface area contributed by atoms with Gasteiger partial charge in [0, 0.05) is 23.7 Å². The van der Waals surface area contributed by atoms with Gasteiger partial charge in [-0.25, -0.2) is 9.98 Å². The number of guanidine groups is 1. The van der Waals surface area contributed by atoms with E-state index in [1.165, 1.54) is 11.9 Å². The van der Waals surface area contributed by atoms with Crippen LogP contribution in [-0.2, 0) is 13.0 Å². The molecule has 2 aromatic carbocycles. The molecule has 140 valence electrons. The number of H-pyrrole nitrogens is 1. The van der Waals surface area contributed by atoms with E-state index in [-0.39, 0.29) is 0 Å². The average molecular weight is 383 g/mol. The lowest BCUT2D eigenvalue weighted by molar-refractivity contribution is 0.799. The van der Waals surface area contributed by atoms with Gasteiger partial charge in [-0.2, -0.15) is 5.10 Å². The van der Waals surface area contributed by atoms with Gasteiger partial charge in [-0.15, -0.1) is 0 Å². The summed E-state index contributed by atoms with van der Waals surface area (Å²) in [4.78, 5) is 8.87. The summed E-state index contributed by atoms with van der Waals surface area (Å²) in [5.74, 6) is 1.56. The van der Waals surface area contributed by atoms with E-state index in [4.69, 9.17) is 11.6 Å². The molecule has 1 heterocycles. The van der Waals surface area contributed by atoms with Crippen LogP contribution in [-0.4, -0.2) is 34.2 Å². The van der Waals surface area contributed by atoms with Gasteiger partial charge in [0.15, 0.2) is 11.8 Å². The molecule has 0 fully saturated rings. The van der Waals surface area contributed by atoms with Gasteiger partial charge in [-0.1, -0.05) is 41.9 Å². The van der Waals surface area contributed by atoms with Crippen molar-refractivity contribution in [2.45, 2.75) is 19.9 Å². The Bertz CT molecular complexity index is 858. The van der Waals surface area contributed by atoms with Crippen LogP contribution in [0, 0.1) is 0 Å². The molecule has 0 atom stereocenters. The Kier molecular flexibility index (Phi) is 6.82. The van der Waals surface area contributed by atoms with Gasteiger partial charge in [0.25, 0.3) is 0 Å². The van der Waals surface area contributed by atoms with Crippen molar-refractivity contribution in [2.75, 3.05) is 13.1 Å². The smallest absolute Gasteiger partial charge is 0.191 e. The molecule has 3 rings (SSSR count). The number of hydrogen-bond donors (Lipinski definition) is 3. The summed E-state index contributed by atoms with van der Waals surface area (Å²) in [7, 11) is 0. The number of aromatic nitrogens is 3. The van der Waals surface area contributed by atoms with E-state index in [0.717, 1.165) is 47.4 Å². The van der Waals surface area contributed by atoms with E-state index >= 15 is 0 Å². The Morgan fingerprint density at radius 3 is 2.70 bits per heavy atom. The van der Waals surface area contributed by atoms with Crippen LogP contribution in [0.5, 0.6) is 0 Å². The van der Waals surface area contributed by atoms with Crippen LogP contribution < -0.4 is 10.6 Å². The molecule has 0 bridgehead atoms. The van der Waals surface area contributed by atoms with Crippen molar-refractivity contribution in [3.05, 3.63) is 71.0 Å². The van der Waals surface area contributed by atoms with Crippen LogP contribution in [0.25, 0.3) is 11.4 Å². The fourth-order valence-corrected chi connectivity index (χ4v) is 2.78. The largest absolute Gasteiger partial charge is 0.357 e. The minimum atomic E-state index is 0.582. The van der Waals surface area contributed by atoms with Gasteiger partial charge in [0.1, 0.15) is 6.33 Å². The van der Waals surface area contributed by atoms with Crippen LogP contribution >= 0.6 is 11.6 Å². The Morgan fingerprint density at radius 1 is 1.11 bits per heavy atom. The second-order valence-corrected chi connectivity index (χ2v) is 6.47. The molecule has 0 aliphatic rings. The molecule has 0 amide bonds.